The topological polar surface area (TPSA) is 90.3 Å². The quantitative estimate of drug-likeness (QED) is 0.278. The lowest BCUT2D eigenvalue weighted by Gasteiger charge is -2.22. The van der Waals surface area contributed by atoms with Crippen LogP contribution < -0.4 is 10.9 Å². The Morgan fingerprint density at radius 3 is 2.65 bits per heavy atom. The number of carbonyl (C=O) groups is 2. The second-order valence-corrected chi connectivity index (χ2v) is 10.4. The van der Waals surface area contributed by atoms with E-state index in [-0.39, 0.29) is 29.2 Å². The van der Waals surface area contributed by atoms with E-state index in [1.54, 1.807) is 11.5 Å². The fraction of sp³-hybridized carbons (Fsp3) is 0.440. The van der Waals surface area contributed by atoms with Crippen molar-refractivity contribution in [2.75, 3.05) is 12.4 Å². The van der Waals surface area contributed by atoms with Gasteiger partial charge in [0.15, 0.2) is 5.16 Å². The van der Waals surface area contributed by atoms with Gasteiger partial charge in [0.25, 0.3) is 11.5 Å². The highest BCUT2D eigenvalue weighted by Gasteiger charge is 2.24. The van der Waals surface area contributed by atoms with Crippen LogP contribution in [0.2, 0.25) is 0 Å². The number of esters is 1. The van der Waals surface area contributed by atoms with Crippen molar-refractivity contribution in [2.24, 2.45) is 0 Å². The van der Waals surface area contributed by atoms with Gasteiger partial charge < -0.3 is 10.1 Å². The van der Waals surface area contributed by atoms with Crippen LogP contribution in [-0.4, -0.2) is 39.8 Å². The standard InChI is InChI=1S/C25H29N3O4S2/c1-3-32-19(29)15-33-25-27-23-20(24(31)28(25)14-17-10-6-4-7-11-17)16(2)21(34-23)22(30)26-18-12-8-5-9-13-18/h4,6-7,10-11,18H,3,5,8-9,12-15H2,1-2H3,(H,26,30). The third-order valence-corrected chi connectivity index (χ3v) is 8.10. The maximum atomic E-state index is 13.6. The number of nitrogens with zero attached hydrogens (tertiary/aromatic N) is 2. The summed E-state index contributed by atoms with van der Waals surface area (Å²) in [4.78, 5) is 44.4. The molecule has 180 valence electrons. The Morgan fingerprint density at radius 1 is 1.21 bits per heavy atom. The van der Waals surface area contributed by atoms with Gasteiger partial charge in [-0.15, -0.1) is 11.3 Å². The van der Waals surface area contributed by atoms with Gasteiger partial charge in [-0.25, -0.2) is 4.98 Å². The first-order valence-corrected chi connectivity index (χ1v) is 13.4. The van der Waals surface area contributed by atoms with Gasteiger partial charge in [0.05, 0.1) is 29.2 Å². The van der Waals surface area contributed by atoms with Crippen molar-refractivity contribution in [2.45, 2.75) is 63.7 Å². The molecule has 0 atom stereocenters. The Morgan fingerprint density at radius 2 is 1.94 bits per heavy atom. The fourth-order valence-electron chi connectivity index (χ4n) is 4.25. The molecule has 1 N–H and O–H groups in total. The van der Waals surface area contributed by atoms with E-state index < -0.39 is 0 Å². The van der Waals surface area contributed by atoms with E-state index in [1.165, 1.54) is 29.5 Å². The van der Waals surface area contributed by atoms with Gasteiger partial charge in [-0.2, -0.15) is 0 Å². The average molecular weight is 500 g/mol. The number of thiophene rings is 1. The molecule has 1 fully saturated rings. The largest absolute Gasteiger partial charge is 0.465 e. The zero-order chi connectivity index (χ0) is 24.1. The molecule has 9 heteroatoms. The number of benzene rings is 1. The second-order valence-electron chi connectivity index (χ2n) is 8.41. The number of hydrogen-bond donors (Lipinski definition) is 1. The van der Waals surface area contributed by atoms with Crippen LogP contribution in [0.15, 0.2) is 40.3 Å². The van der Waals surface area contributed by atoms with Crippen molar-refractivity contribution in [1.29, 1.82) is 0 Å². The molecule has 34 heavy (non-hydrogen) atoms. The minimum absolute atomic E-state index is 0.0555. The molecule has 1 aliphatic carbocycles. The number of rotatable bonds is 8. The molecule has 0 radical (unpaired) electrons. The van der Waals surface area contributed by atoms with Crippen molar-refractivity contribution in [3.8, 4) is 0 Å². The number of thioether (sulfide) groups is 1. The summed E-state index contributed by atoms with van der Waals surface area (Å²) in [6.45, 7) is 4.20. The summed E-state index contributed by atoms with van der Waals surface area (Å²) in [5, 5.41) is 4.06. The molecule has 0 aliphatic heterocycles. The highest BCUT2D eigenvalue weighted by molar-refractivity contribution is 7.99. The maximum Gasteiger partial charge on any atom is 0.316 e. The summed E-state index contributed by atoms with van der Waals surface area (Å²) in [7, 11) is 0. The van der Waals surface area contributed by atoms with Crippen molar-refractivity contribution in [1.82, 2.24) is 14.9 Å². The Balaban J connectivity index is 1.71. The summed E-state index contributed by atoms with van der Waals surface area (Å²) in [5.41, 5.74) is 1.41. The van der Waals surface area contributed by atoms with E-state index in [9.17, 15) is 14.4 Å². The highest BCUT2D eigenvalue weighted by atomic mass is 32.2. The van der Waals surface area contributed by atoms with Crippen LogP contribution in [0.3, 0.4) is 0 Å². The molecule has 7 nitrogen and oxygen atoms in total. The summed E-state index contributed by atoms with van der Waals surface area (Å²) in [6.07, 6.45) is 5.45. The van der Waals surface area contributed by atoms with Gasteiger partial charge in [0.1, 0.15) is 4.83 Å². The molecule has 2 heterocycles. The smallest absolute Gasteiger partial charge is 0.316 e. The molecule has 2 aromatic heterocycles. The molecule has 0 bridgehead atoms. The van der Waals surface area contributed by atoms with E-state index >= 15 is 0 Å². The Bertz CT molecular complexity index is 1230. The first-order valence-electron chi connectivity index (χ1n) is 11.6. The minimum atomic E-state index is -0.358. The molecule has 0 spiro atoms. The van der Waals surface area contributed by atoms with Gasteiger partial charge in [0, 0.05) is 6.04 Å². The Labute approximate surface area is 206 Å². The minimum Gasteiger partial charge on any atom is -0.465 e. The van der Waals surface area contributed by atoms with Crippen molar-refractivity contribution < 1.29 is 14.3 Å². The van der Waals surface area contributed by atoms with Gasteiger partial charge >= 0.3 is 5.97 Å². The van der Waals surface area contributed by atoms with Crippen LogP contribution in [0.4, 0.5) is 0 Å². The third-order valence-electron chi connectivity index (χ3n) is 5.97. The first-order chi connectivity index (χ1) is 16.5. The molecule has 4 rings (SSSR count). The number of aromatic nitrogens is 2. The van der Waals surface area contributed by atoms with Gasteiger partial charge in [0.2, 0.25) is 0 Å². The Kier molecular flexibility index (Phi) is 8.05. The zero-order valence-electron chi connectivity index (χ0n) is 19.5. The lowest BCUT2D eigenvalue weighted by atomic mass is 9.95. The van der Waals surface area contributed by atoms with Crippen LogP contribution >= 0.6 is 23.1 Å². The van der Waals surface area contributed by atoms with Crippen LogP contribution in [0, 0.1) is 6.92 Å². The predicted octanol–water partition coefficient (Wildman–Crippen LogP) is 4.53. The lowest BCUT2D eigenvalue weighted by molar-refractivity contribution is -0.139. The van der Waals surface area contributed by atoms with Crippen LogP contribution in [0.25, 0.3) is 10.2 Å². The van der Waals surface area contributed by atoms with Crippen LogP contribution in [0.5, 0.6) is 0 Å². The van der Waals surface area contributed by atoms with Crippen LogP contribution in [0.1, 0.15) is 59.8 Å². The zero-order valence-corrected chi connectivity index (χ0v) is 21.1. The molecular formula is C25H29N3O4S2. The molecule has 1 aromatic carbocycles. The summed E-state index contributed by atoms with van der Waals surface area (Å²) in [6, 6.07) is 9.83. The molecule has 1 amide bonds. The number of nitrogens with one attached hydrogen (secondary N) is 1. The molecule has 3 aromatic rings. The predicted molar refractivity (Wildman–Crippen MR) is 136 cm³/mol. The Hall–Kier alpha value is -2.65. The van der Waals surface area contributed by atoms with E-state index in [2.05, 4.69) is 5.32 Å². The van der Waals surface area contributed by atoms with E-state index in [4.69, 9.17) is 9.72 Å². The van der Waals surface area contributed by atoms with E-state index in [1.807, 2.05) is 37.3 Å². The number of ether oxygens (including phenoxy) is 1. The van der Waals surface area contributed by atoms with Crippen molar-refractivity contribution in [3.05, 3.63) is 56.7 Å². The van der Waals surface area contributed by atoms with Gasteiger partial charge in [-0.3, -0.25) is 19.0 Å². The summed E-state index contributed by atoms with van der Waals surface area (Å²) < 4.78 is 6.63. The number of fused-ring (bicyclic) bond motifs is 1. The normalized spacial score (nSPS) is 14.3. The summed E-state index contributed by atoms with van der Waals surface area (Å²) in [5.74, 6) is -0.440. The number of carbonyl (C=O) groups excluding carboxylic acids is 2. The molecular weight excluding hydrogens is 470 g/mol. The first kappa shape index (κ1) is 24.5. The van der Waals surface area contributed by atoms with Crippen molar-refractivity contribution >= 4 is 45.2 Å². The SMILES string of the molecule is CCOC(=O)CSc1nc2sc(C(=O)NC3CCCCC3)c(C)c2c(=O)n1Cc1ccccc1. The number of aryl methyl sites for hydroxylation is 1. The highest BCUT2D eigenvalue weighted by Crippen LogP contribution is 2.30. The molecule has 1 saturated carbocycles. The third kappa shape index (κ3) is 5.52. The van der Waals surface area contributed by atoms with Gasteiger partial charge in [-0.1, -0.05) is 61.4 Å². The van der Waals surface area contributed by atoms with Crippen molar-refractivity contribution in [3.63, 3.8) is 0 Å². The monoisotopic (exact) mass is 499 g/mol. The molecule has 0 unspecified atom stereocenters. The summed E-state index contributed by atoms with van der Waals surface area (Å²) >= 11 is 2.42. The maximum absolute atomic E-state index is 13.6. The van der Waals surface area contributed by atoms with E-state index in [0.29, 0.717) is 39.0 Å². The molecule has 1 aliphatic rings. The fourth-order valence-corrected chi connectivity index (χ4v) is 6.18. The average Bonchev–Trinajstić information content (AvgIpc) is 3.17. The second kappa shape index (κ2) is 11.2. The van der Waals surface area contributed by atoms with Gasteiger partial charge in [-0.05, 0) is 37.8 Å². The van der Waals surface area contributed by atoms with E-state index in [0.717, 1.165) is 31.2 Å². The lowest BCUT2D eigenvalue weighted by Crippen LogP contribution is -2.36. The van der Waals surface area contributed by atoms with Crippen LogP contribution in [-0.2, 0) is 16.1 Å². The molecule has 0 saturated heterocycles. The number of hydrogen-bond acceptors (Lipinski definition) is 7. The number of amides is 1.